The van der Waals surface area contributed by atoms with Crippen LogP contribution in [0.4, 0.5) is 0 Å². The third kappa shape index (κ3) is 2.01. The first-order valence-corrected chi connectivity index (χ1v) is 5.05. The summed E-state index contributed by atoms with van der Waals surface area (Å²) < 4.78 is 7.28. The van der Waals surface area contributed by atoms with Gasteiger partial charge in [-0.25, -0.2) is 4.68 Å². The maximum absolute atomic E-state index is 5.38. The molecular weight excluding hydrogens is 188 g/mol. The van der Waals surface area contributed by atoms with Gasteiger partial charge < -0.3 is 4.74 Å². The Bertz CT molecular complexity index is 431. The van der Waals surface area contributed by atoms with Gasteiger partial charge in [0.1, 0.15) is 5.75 Å². The lowest BCUT2D eigenvalue weighted by Gasteiger charge is -2.06. The molecule has 0 saturated heterocycles. The fourth-order valence-corrected chi connectivity index (χ4v) is 1.49. The summed E-state index contributed by atoms with van der Waals surface area (Å²) in [6.07, 6.45) is 1.80. The largest absolute Gasteiger partial charge is 0.494 e. The van der Waals surface area contributed by atoms with E-state index in [9.17, 15) is 0 Å². The molecule has 1 aromatic carbocycles. The molecule has 0 fully saturated rings. The van der Waals surface area contributed by atoms with Crippen LogP contribution >= 0.6 is 0 Å². The SMILES string of the molecule is CCOc1ccc(-n2nccc2C)cc1. The van der Waals surface area contributed by atoms with E-state index in [-0.39, 0.29) is 0 Å². The van der Waals surface area contributed by atoms with Gasteiger partial charge in [0, 0.05) is 11.9 Å². The molecule has 2 rings (SSSR count). The van der Waals surface area contributed by atoms with Crippen molar-refractivity contribution in [3.63, 3.8) is 0 Å². The first-order chi connectivity index (χ1) is 7.31. The molecule has 3 nitrogen and oxygen atoms in total. The molecule has 1 heterocycles. The van der Waals surface area contributed by atoms with Crippen molar-refractivity contribution in [3.05, 3.63) is 42.2 Å². The number of aromatic nitrogens is 2. The maximum Gasteiger partial charge on any atom is 0.119 e. The van der Waals surface area contributed by atoms with Gasteiger partial charge in [-0.15, -0.1) is 0 Å². The van der Waals surface area contributed by atoms with Crippen LogP contribution in [-0.2, 0) is 0 Å². The Balaban J connectivity index is 2.28. The zero-order chi connectivity index (χ0) is 10.7. The summed E-state index contributed by atoms with van der Waals surface area (Å²) in [4.78, 5) is 0. The predicted molar refractivity (Wildman–Crippen MR) is 59.5 cm³/mol. The van der Waals surface area contributed by atoms with Gasteiger partial charge >= 0.3 is 0 Å². The topological polar surface area (TPSA) is 27.1 Å². The Labute approximate surface area is 89.3 Å². The molecule has 0 spiro atoms. The Hall–Kier alpha value is -1.77. The van der Waals surface area contributed by atoms with Crippen molar-refractivity contribution in [2.24, 2.45) is 0 Å². The zero-order valence-corrected chi connectivity index (χ0v) is 8.97. The van der Waals surface area contributed by atoms with E-state index in [4.69, 9.17) is 4.74 Å². The van der Waals surface area contributed by atoms with Gasteiger partial charge in [0.2, 0.25) is 0 Å². The Morgan fingerprint density at radius 1 is 1.20 bits per heavy atom. The molecule has 0 aliphatic heterocycles. The van der Waals surface area contributed by atoms with Crippen LogP contribution in [0, 0.1) is 6.92 Å². The Morgan fingerprint density at radius 2 is 1.93 bits per heavy atom. The lowest BCUT2D eigenvalue weighted by molar-refractivity contribution is 0.340. The average Bonchev–Trinajstić information content (AvgIpc) is 2.66. The van der Waals surface area contributed by atoms with Crippen LogP contribution in [0.2, 0.25) is 0 Å². The van der Waals surface area contributed by atoms with Crippen LogP contribution in [0.5, 0.6) is 5.75 Å². The smallest absolute Gasteiger partial charge is 0.119 e. The van der Waals surface area contributed by atoms with E-state index in [1.165, 1.54) is 0 Å². The van der Waals surface area contributed by atoms with Crippen molar-refractivity contribution >= 4 is 0 Å². The van der Waals surface area contributed by atoms with Crippen molar-refractivity contribution < 1.29 is 4.74 Å². The molecule has 1 aromatic heterocycles. The monoisotopic (exact) mass is 202 g/mol. The quantitative estimate of drug-likeness (QED) is 0.764. The van der Waals surface area contributed by atoms with E-state index in [2.05, 4.69) is 5.10 Å². The van der Waals surface area contributed by atoms with Gasteiger partial charge in [-0.1, -0.05) is 0 Å². The zero-order valence-electron chi connectivity index (χ0n) is 8.97. The minimum Gasteiger partial charge on any atom is -0.494 e. The predicted octanol–water partition coefficient (Wildman–Crippen LogP) is 2.58. The second-order valence-electron chi connectivity index (χ2n) is 3.31. The fourth-order valence-electron chi connectivity index (χ4n) is 1.49. The molecule has 0 unspecified atom stereocenters. The summed E-state index contributed by atoms with van der Waals surface area (Å²) in [5, 5.41) is 4.24. The van der Waals surface area contributed by atoms with Crippen molar-refractivity contribution in [2.45, 2.75) is 13.8 Å². The van der Waals surface area contributed by atoms with E-state index >= 15 is 0 Å². The number of benzene rings is 1. The van der Waals surface area contributed by atoms with E-state index in [0.717, 1.165) is 17.1 Å². The highest BCUT2D eigenvalue weighted by molar-refractivity contribution is 5.37. The minimum absolute atomic E-state index is 0.695. The molecule has 0 amide bonds. The molecule has 0 aliphatic rings. The Morgan fingerprint density at radius 3 is 2.47 bits per heavy atom. The molecule has 0 radical (unpaired) electrons. The number of aryl methyl sites for hydroxylation is 1. The third-order valence-electron chi connectivity index (χ3n) is 2.22. The van der Waals surface area contributed by atoms with Crippen molar-refractivity contribution in [1.82, 2.24) is 9.78 Å². The molecule has 0 aliphatic carbocycles. The number of rotatable bonds is 3. The van der Waals surface area contributed by atoms with Gasteiger partial charge in [0.25, 0.3) is 0 Å². The molecule has 78 valence electrons. The van der Waals surface area contributed by atoms with Gasteiger partial charge in [0.05, 0.1) is 12.3 Å². The third-order valence-corrected chi connectivity index (χ3v) is 2.22. The normalized spacial score (nSPS) is 10.3. The van der Waals surface area contributed by atoms with Crippen molar-refractivity contribution in [1.29, 1.82) is 0 Å². The fraction of sp³-hybridized carbons (Fsp3) is 0.250. The first kappa shape index (κ1) is 9.77. The second kappa shape index (κ2) is 4.17. The van der Waals surface area contributed by atoms with Crippen LogP contribution in [-0.4, -0.2) is 16.4 Å². The van der Waals surface area contributed by atoms with Gasteiger partial charge in [-0.3, -0.25) is 0 Å². The first-order valence-electron chi connectivity index (χ1n) is 5.05. The Kier molecular flexibility index (Phi) is 2.72. The van der Waals surface area contributed by atoms with E-state index in [1.54, 1.807) is 6.20 Å². The molecule has 0 bridgehead atoms. The van der Waals surface area contributed by atoms with Gasteiger partial charge in [-0.2, -0.15) is 5.10 Å². The standard InChI is InChI=1S/C12H14N2O/c1-3-15-12-6-4-11(5-7-12)14-10(2)8-9-13-14/h4-9H,3H2,1-2H3. The van der Waals surface area contributed by atoms with E-state index < -0.39 is 0 Å². The molecule has 15 heavy (non-hydrogen) atoms. The minimum atomic E-state index is 0.695. The highest BCUT2D eigenvalue weighted by Crippen LogP contribution is 2.15. The lowest BCUT2D eigenvalue weighted by atomic mass is 10.3. The lowest BCUT2D eigenvalue weighted by Crippen LogP contribution is -1.98. The van der Waals surface area contributed by atoms with E-state index in [0.29, 0.717) is 6.61 Å². The highest BCUT2D eigenvalue weighted by Gasteiger charge is 2.00. The van der Waals surface area contributed by atoms with Crippen LogP contribution in [0.3, 0.4) is 0 Å². The molecule has 0 atom stereocenters. The van der Waals surface area contributed by atoms with E-state index in [1.807, 2.05) is 48.9 Å². The molecule has 0 saturated carbocycles. The number of ether oxygens (including phenoxy) is 1. The summed E-state index contributed by atoms with van der Waals surface area (Å²) in [5.74, 6) is 0.894. The molecule has 0 N–H and O–H groups in total. The van der Waals surface area contributed by atoms with Crippen LogP contribution in [0.15, 0.2) is 36.5 Å². The van der Waals surface area contributed by atoms with Crippen molar-refractivity contribution in [2.75, 3.05) is 6.61 Å². The maximum atomic E-state index is 5.38. The van der Waals surface area contributed by atoms with Gasteiger partial charge in [0.15, 0.2) is 0 Å². The van der Waals surface area contributed by atoms with Crippen LogP contribution in [0.1, 0.15) is 12.6 Å². The summed E-state index contributed by atoms with van der Waals surface area (Å²) in [6.45, 7) is 4.70. The summed E-state index contributed by atoms with van der Waals surface area (Å²) >= 11 is 0. The molecule has 2 aromatic rings. The second-order valence-corrected chi connectivity index (χ2v) is 3.31. The number of nitrogens with zero attached hydrogens (tertiary/aromatic N) is 2. The summed E-state index contributed by atoms with van der Waals surface area (Å²) in [6, 6.07) is 9.91. The van der Waals surface area contributed by atoms with Crippen LogP contribution < -0.4 is 4.74 Å². The molecular formula is C12H14N2O. The number of hydrogen-bond acceptors (Lipinski definition) is 2. The molecule has 3 heteroatoms. The van der Waals surface area contributed by atoms with Crippen LogP contribution in [0.25, 0.3) is 5.69 Å². The summed E-state index contributed by atoms with van der Waals surface area (Å²) in [7, 11) is 0. The number of hydrogen-bond donors (Lipinski definition) is 0. The average molecular weight is 202 g/mol. The highest BCUT2D eigenvalue weighted by atomic mass is 16.5. The van der Waals surface area contributed by atoms with Crippen molar-refractivity contribution in [3.8, 4) is 11.4 Å². The summed E-state index contributed by atoms with van der Waals surface area (Å²) in [5.41, 5.74) is 2.18. The van der Waals surface area contributed by atoms with Gasteiger partial charge in [-0.05, 0) is 44.2 Å².